The van der Waals surface area contributed by atoms with Crippen molar-refractivity contribution < 1.29 is 14.1 Å². The number of amides is 3. The zero-order valence-electron chi connectivity index (χ0n) is 16.0. The van der Waals surface area contributed by atoms with E-state index in [0.717, 1.165) is 37.1 Å². The third-order valence-corrected chi connectivity index (χ3v) is 5.74. The Morgan fingerprint density at radius 1 is 1.26 bits per heavy atom. The van der Waals surface area contributed by atoms with Crippen LogP contribution in [0.3, 0.4) is 0 Å². The smallest absolute Gasteiger partial charge is 0.329 e. The van der Waals surface area contributed by atoms with E-state index in [1.165, 1.54) is 10.5 Å². The predicted molar refractivity (Wildman–Crippen MR) is 102 cm³/mol. The number of rotatable bonds is 3. The number of benzene rings is 1. The molecule has 8 nitrogen and oxygen atoms in total. The highest BCUT2D eigenvalue weighted by atomic mass is 16.5. The first-order valence-electron chi connectivity index (χ1n) is 9.36. The Kier molecular flexibility index (Phi) is 4.61. The molecule has 0 aliphatic carbocycles. The van der Waals surface area contributed by atoms with Crippen LogP contribution in [0.25, 0.3) is 11.0 Å². The van der Waals surface area contributed by atoms with Crippen molar-refractivity contribution in [2.75, 3.05) is 38.1 Å². The summed E-state index contributed by atoms with van der Waals surface area (Å²) >= 11 is 0. The number of likely N-dealkylation sites (N-methyl/N-ethyl adjacent to an activating group) is 1. The molecule has 1 aromatic heterocycles. The lowest BCUT2D eigenvalue weighted by molar-refractivity contribution is -0.120. The summed E-state index contributed by atoms with van der Waals surface area (Å²) in [5.41, 5.74) is 2.93. The number of hydrogen-bond acceptors (Lipinski definition) is 6. The molecule has 144 valence electrons. The van der Waals surface area contributed by atoms with Crippen LogP contribution in [0.4, 0.5) is 10.6 Å². The molecule has 2 fully saturated rings. The van der Waals surface area contributed by atoms with E-state index in [1.807, 2.05) is 13.0 Å². The van der Waals surface area contributed by atoms with Crippen molar-refractivity contribution in [2.24, 2.45) is 0 Å². The van der Waals surface area contributed by atoms with Gasteiger partial charge in [0.25, 0.3) is 0 Å². The number of fused-ring (bicyclic) bond motifs is 1. The van der Waals surface area contributed by atoms with Gasteiger partial charge in [0, 0.05) is 45.2 Å². The van der Waals surface area contributed by atoms with E-state index in [0.29, 0.717) is 24.0 Å². The Labute approximate surface area is 158 Å². The number of aromatic nitrogens is 1. The van der Waals surface area contributed by atoms with Crippen LogP contribution in [0.2, 0.25) is 0 Å². The molecule has 0 unspecified atom stereocenters. The zero-order chi connectivity index (χ0) is 19.1. The van der Waals surface area contributed by atoms with Crippen molar-refractivity contribution in [3.63, 3.8) is 0 Å². The molecule has 2 aliphatic heterocycles. The maximum atomic E-state index is 12.2. The molecule has 8 heteroatoms. The minimum Gasteiger partial charge on any atom is -0.354 e. The molecule has 2 aliphatic rings. The van der Waals surface area contributed by atoms with Crippen molar-refractivity contribution in [3.8, 4) is 0 Å². The van der Waals surface area contributed by atoms with Gasteiger partial charge in [-0.1, -0.05) is 11.2 Å². The summed E-state index contributed by atoms with van der Waals surface area (Å²) in [6.45, 7) is 8.58. The van der Waals surface area contributed by atoms with Gasteiger partial charge >= 0.3 is 6.03 Å². The van der Waals surface area contributed by atoms with Gasteiger partial charge < -0.3 is 9.42 Å². The van der Waals surface area contributed by atoms with E-state index in [-0.39, 0.29) is 12.3 Å². The fraction of sp³-hybridized carbons (Fsp3) is 0.526. The summed E-state index contributed by atoms with van der Waals surface area (Å²) in [7, 11) is 2.16. The molecule has 27 heavy (non-hydrogen) atoms. The van der Waals surface area contributed by atoms with Crippen molar-refractivity contribution in [3.05, 3.63) is 23.3 Å². The first-order chi connectivity index (χ1) is 12.9. The van der Waals surface area contributed by atoms with Crippen LogP contribution < -0.4 is 10.2 Å². The van der Waals surface area contributed by atoms with Crippen LogP contribution in [0.5, 0.6) is 0 Å². The quantitative estimate of drug-likeness (QED) is 0.885. The zero-order valence-corrected chi connectivity index (χ0v) is 16.0. The van der Waals surface area contributed by atoms with Crippen LogP contribution in [0.15, 0.2) is 16.7 Å². The SMILES string of the molecule is Cc1c(CN2CCN(C)[C@@H](C)C2)ccc2onc(N3CCC(=O)NC3=O)c12. The number of piperazine rings is 1. The van der Waals surface area contributed by atoms with E-state index >= 15 is 0 Å². The molecule has 1 N–H and O–H groups in total. The van der Waals surface area contributed by atoms with Gasteiger partial charge in [-0.2, -0.15) is 0 Å². The van der Waals surface area contributed by atoms with Crippen LogP contribution in [-0.2, 0) is 11.3 Å². The Hall–Kier alpha value is -2.45. The molecule has 0 spiro atoms. The van der Waals surface area contributed by atoms with E-state index in [4.69, 9.17) is 4.52 Å². The fourth-order valence-corrected chi connectivity index (χ4v) is 3.85. The van der Waals surface area contributed by atoms with Gasteiger partial charge in [0.15, 0.2) is 11.4 Å². The van der Waals surface area contributed by atoms with Crippen LogP contribution in [-0.4, -0.2) is 66.2 Å². The molecule has 4 rings (SSSR count). The van der Waals surface area contributed by atoms with Crippen LogP contribution in [0.1, 0.15) is 24.5 Å². The third kappa shape index (κ3) is 3.30. The summed E-state index contributed by atoms with van der Waals surface area (Å²) < 4.78 is 5.46. The maximum Gasteiger partial charge on any atom is 0.329 e. The highest BCUT2D eigenvalue weighted by Gasteiger charge is 2.29. The van der Waals surface area contributed by atoms with Gasteiger partial charge in [-0.3, -0.25) is 19.9 Å². The molecule has 0 saturated carbocycles. The average Bonchev–Trinajstić information content (AvgIpc) is 3.05. The standard InChI is InChI=1S/C19H25N5O3/c1-12-10-23(9-8-22(12)3)11-14-4-5-15-17(13(14)2)18(21-27-15)24-7-6-16(25)20-19(24)26/h4-5,12H,6-11H2,1-3H3,(H,20,25,26)/t12-/m0/s1. The van der Waals surface area contributed by atoms with Gasteiger partial charge in [0.1, 0.15) is 0 Å². The molecule has 2 saturated heterocycles. The number of carbonyl (C=O) groups is 2. The van der Waals surface area contributed by atoms with Gasteiger partial charge in [-0.05, 0) is 38.1 Å². The second-order valence-corrected chi connectivity index (χ2v) is 7.55. The molecule has 0 radical (unpaired) electrons. The molecule has 1 aromatic carbocycles. The Morgan fingerprint density at radius 2 is 2.07 bits per heavy atom. The lowest BCUT2D eigenvalue weighted by Crippen LogP contribution is -2.50. The number of urea groups is 1. The summed E-state index contributed by atoms with van der Waals surface area (Å²) in [5, 5.41) is 7.31. The summed E-state index contributed by atoms with van der Waals surface area (Å²) in [4.78, 5) is 30.0. The lowest BCUT2D eigenvalue weighted by Gasteiger charge is -2.37. The van der Waals surface area contributed by atoms with Gasteiger partial charge in [-0.25, -0.2) is 4.79 Å². The highest BCUT2D eigenvalue weighted by Crippen LogP contribution is 2.32. The van der Waals surface area contributed by atoms with E-state index in [1.54, 1.807) is 0 Å². The van der Waals surface area contributed by atoms with Gasteiger partial charge in [0.05, 0.1) is 5.39 Å². The minimum absolute atomic E-state index is 0.259. The number of nitrogens with zero attached hydrogens (tertiary/aromatic N) is 4. The first kappa shape index (κ1) is 17.9. The molecular formula is C19H25N5O3. The largest absolute Gasteiger partial charge is 0.354 e. The topological polar surface area (TPSA) is 81.9 Å². The summed E-state index contributed by atoms with van der Waals surface area (Å²) in [5.74, 6) is 0.228. The minimum atomic E-state index is -0.445. The Bertz CT molecular complexity index is 893. The van der Waals surface area contributed by atoms with Gasteiger partial charge in [-0.15, -0.1) is 0 Å². The van der Waals surface area contributed by atoms with E-state index < -0.39 is 6.03 Å². The molecule has 0 bridgehead atoms. The molecular weight excluding hydrogens is 346 g/mol. The lowest BCUT2D eigenvalue weighted by atomic mass is 10.0. The normalized spacial score (nSPS) is 22.5. The predicted octanol–water partition coefficient (Wildman–Crippen LogP) is 1.72. The van der Waals surface area contributed by atoms with Crippen molar-refractivity contribution in [1.29, 1.82) is 0 Å². The second-order valence-electron chi connectivity index (χ2n) is 7.55. The van der Waals surface area contributed by atoms with E-state index in [9.17, 15) is 9.59 Å². The number of hydrogen-bond donors (Lipinski definition) is 1. The van der Waals surface area contributed by atoms with Crippen molar-refractivity contribution >= 4 is 28.7 Å². The molecule has 1 atom stereocenters. The third-order valence-electron chi connectivity index (χ3n) is 5.74. The summed E-state index contributed by atoms with van der Waals surface area (Å²) in [6, 6.07) is 4.08. The fourth-order valence-electron chi connectivity index (χ4n) is 3.85. The number of aryl methyl sites for hydroxylation is 1. The number of imide groups is 1. The number of carbonyl (C=O) groups excluding carboxylic acids is 2. The van der Waals surface area contributed by atoms with E-state index in [2.05, 4.69) is 40.3 Å². The number of nitrogens with one attached hydrogen (secondary N) is 1. The van der Waals surface area contributed by atoms with Crippen molar-refractivity contribution in [1.82, 2.24) is 20.3 Å². The van der Waals surface area contributed by atoms with Crippen LogP contribution >= 0.6 is 0 Å². The average molecular weight is 371 g/mol. The Balaban J connectivity index is 1.63. The summed E-state index contributed by atoms with van der Waals surface area (Å²) in [6.07, 6.45) is 0.262. The molecule has 3 amide bonds. The van der Waals surface area contributed by atoms with Crippen LogP contribution in [0, 0.1) is 6.92 Å². The van der Waals surface area contributed by atoms with Gasteiger partial charge in [0.2, 0.25) is 5.91 Å². The molecule has 3 heterocycles. The Morgan fingerprint density at radius 3 is 2.81 bits per heavy atom. The first-order valence-corrected chi connectivity index (χ1v) is 9.36. The van der Waals surface area contributed by atoms with Crippen molar-refractivity contribution in [2.45, 2.75) is 32.9 Å². The molecule has 2 aromatic rings. The highest BCUT2D eigenvalue weighted by molar-refractivity contribution is 6.09. The monoisotopic (exact) mass is 371 g/mol. The second kappa shape index (κ2) is 6.94. The maximum absolute atomic E-state index is 12.2. The number of anilines is 1.